The summed E-state index contributed by atoms with van der Waals surface area (Å²) in [7, 11) is 0. The van der Waals surface area contributed by atoms with Crippen LogP contribution in [0.3, 0.4) is 0 Å². The zero-order valence-corrected chi connectivity index (χ0v) is 13.0. The molecule has 0 aromatic heterocycles. The molecule has 0 atom stereocenters. The van der Waals surface area contributed by atoms with E-state index >= 15 is 0 Å². The van der Waals surface area contributed by atoms with E-state index in [9.17, 15) is 0 Å². The molecule has 3 fully saturated rings. The van der Waals surface area contributed by atoms with Crippen molar-refractivity contribution in [2.75, 3.05) is 13.1 Å². The van der Waals surface area contributed by atoms with Gasteiger partial charge in [-0.3, -0.25) is 0 Å². The summed E-state index contributed by atoms with van der Waals surface area (Å²) in [6.07, 6.45) is 21.2. The van der Waals surface area contributed by atoms with Crippen molar-refractivity contribution < 1.29 is 0 Å². The van der Waals surface area contributed by atoms with E-state index in [0.29, 0.717) is 0 Å². The van der Waals surface area contributed by atoms with E-state index in [2.05, 4.69) is 5.32 Å². The molecule has 0 amide bonds. The molecular weight excluding hydrogens is 230 g/mol. The third kappa shape index (κ3) is 6.29. The minimum atomic E-state index is 1.12. The summed E-state index contributed by atoms with van der Waals surface area (Å²) in [4.78, 5) is 0. The largest absolute Gasteiger partial charge is 0.317 e. The van der Waals surface area contributed by atoms with Crippen LogP contribution >= 0.6 is 0 Å². The molecule has 2 saturated carbocycles. The lowest BCUT2D eigenvalue weighted by atomic mass is 9.81. The Bertz CT molecular complexity index is 168. The van der Waals surface area contributed by atoms with Gasteiger partial charge < -0.3 is 5.32 Å². The third-order valence-electron chi connectivity index (χ3n) is 5.42. The zero-order valence-electron chi connectivity index (χ0n) is 13.0. The maximum absolute atomic E-state index is 3.22. The summed E-state index contributed by atoms with van der Waals surface area (Å²) < 4.78 is 0. The van der Waals surface area contributed by atoms with Crippen molar-refractivity contribution >= 4 is 0 Å². The van der Waals surface area contributed by atoms with Gasteiger partial charge in [0.15, 0.2) is 0 Å². The van der Waals surface area contributed by atoms with Crippen molar-refractivity contribution in [3.8, 4) is 0 Å². The number of nitrogens with one attached hydrogen (secondary N) is 1. The molecule has 1 aliphatic heterocycles. The highest BCUT2D eigenvalue weighted by Crippen LogP contribution is 2.36. The lowest BCUT2D eigenvalue weighted by Crippen LogP contribution is -2.13. The summed E-state index contributed by atoms with van der Waals surface area (Å²) in [5.41, 5.74) is 0. The van der Waals surface area contributed by atoms with E-state index in [-0.39, 0.29) is 0 Å². The fourth-order valence-corrected chi connectivity index (χ4v) is 4.19. The van der Waals surface area contributed by atoms with Crippen LogP contribution < -0.4 is 5.32 Å². The smallest absolute Gasteiger partial charge is 0.00484 e. The van der Waals surface area contributed by atoms with Gasteiger partial charge in [-0.1, -0.05) is 77.0 Å². The molecule has 1 N–H and O–H groups in total. The highest BCUT2D eigenvalue weighted by molar-refractivity contribution is 4.75. The molecule has 0 unspecified atom stereocenters. The molecule has 2 aliphatic carbocycles. The zero-order chi connectivity index (χ0) is 13.2. The van der Waals surface area contributed by atoms with E-state index < -0.39 is 0 Å². The third-order valence-corrected chi connectivity index (χ3v) is 5.42. The minimum absolute atomic E-state index is 1.12. The average Bonchev–Trinajstić information content (AvgIpc) is 2.76. The maximum Gasteiger partial charge on any atom is -0.00484 e. The quantitative estimate of drug-likeness (QED) is 0.635. The van der Waals surface area contributed by atoms with Gasteiger partial charge in [-0.05, 0) is 37.8 Å². The first-order valence-corrected chi connectivity index (χ1v) is 9.17. The molecule has 3 aliphatic rings. The van der Waals surface area contributed by atoms with Crippen LogP contribution in [0.5, 0.6) is 0 Å². The standard InChI is InChI=1S/C14H26.C4H9N/c1-2-6-10-13(9-5-1)14-11-7-3-4-8-12-14;1-2-4-5-3-1/h13-14H,1-12H2;5H,1-4H2. The first-order valence-electron chi connectivity index (χ1n) is 9.17. The first-order chi connectivity index (χ1) is 9.47. The normalized spacial score (nSPS) is 27.2. The summed E-state index contributed by atoms with van der Waals surface area (Å²) in [6, 6.07) is 0. The first kappa shape index (κ1) is 15.4. The van der Waals surface area contributed by atoms with Gasteiger partial charge >= 0.3 is 0 Å². The van der Waals surface area contributed by atoms with Gasteiger partial charge in [0.1, 0.15) is 0 Å². The number of hydrogen-bond donors (Lipinski definition) is 1. The molecule has 112 valence electrons. The van der Waals surface area contributed by atoms with Gasteiger partial charge in [0, 0.05) is 0 Å². The average molecular weight is 265 g/mol. The van der Waals surface area contributed by atoms with Crippen molar-refractivity contribution in [1.82, 2.24) is 5.32 Å². The summed E-state index contributed by atoms with van der Waals surface area (Å²) in [5, 5.41) is 3.22. The second kappa shape index (κ2) is 9.80. The van der Waals surface area contributed by atoms with Crippen LogP contribution in [0.1, 0.15) is 89.9 Å². The van der Waals surface area contributed by atoms with E-state index in [1.165, 1.54) is 77.3 Å². The topological polar surface area (TPSA) is 12.0 Å². The van der Waals surface area contributed by atoms with Crippen LogP contribution in [0, 0.1) is 11.8 Å². The van der Waals surface area contributed by atoms with Crippen LogP contribution in [-0.2, 0) is 0 Å². The SMILES string of the molecule is C1CCCC(C2CCCCCC2)CC1.C1CCNC1. The van der Waals surface area contributed by atoms with E-state index in [1.54, 1.807) is 25.7 Å². The highest BCUT2D eigenvalue weighted by atomic mass is 14.9. The predicted octanol–water partition coefficient (Wildman–Crippen LogP) is 5.30. The molecule has 1 saturated heterocycles. The Hall–Kier alpha value is -0.0400. The second-order valence-electron chi connectivity index (χ2n) is 6.96. The Morgan fingerprint density at radius 1 is 0.421 bits per heavy atom. The Morgan fingerprint density at radius 3 is 1.05 bits per heavy atom. The van der Waals surface area contributed by atoms with Crippen molar-refractivity contribution in [3.05, 3.63) is 0 Å². The summed E-state index contributed by atoms with van der Waals surface area (Å²) in [6.45, 7) is 2.50. The molecule has 0 aromatic rings. The van der Waals surface area contributed by atoms with Crippen LogP contribution in [0.25, 0.3) is 0 Å². The van der Waals surface area contributed by atoms with Crippen molar-refractivity contribution in [3.63, 3.8) is 0 Å². The van der Waals surface area contributed by atoms with Crippen LogP contribution in [0.15, 0.2) is 0 Å². The van der Waals surface area contributed by atoms with Gasteiger partial charge in [-0.2, -0.15) is 0 Å². The maximum atomic E-state index is 3.22. The van der Waals surface area contributed by atoms with Crippen molar-refractivity contribution in [2.24, 2.45) is 11.8 Å². The Kier molecular flexibility index (Phi) is 7.92. The van der Waals surface area contributed by atoms with E-state index in [4.69, 9.17) is 0 Å². The number of rotatable bonds is 1. The molecule has 19 heavy (non-hydrogen) atoms. The molecule has 3 rings (SSSR count). The molecular formula is C18H35N. The van der Waals surface area contributed by atoms with Crippen LogP contribution in [-0.4, -0.2) is 13.1 Å². The van der Waals surface area contributed by atoms with Crippen molar-refractivity contribution in [2.45, 2.75) is 89.9 Å². The highest BCUT2D eigenvalue weighted by Gasteiger charge is 2.23. The minimum Gasteiger partial charge on any atom is -0.317 e. The second-order valence-corrected chi connectivity index (χ2v) is 6.96. The van der Waals surface area contributed by atoms with Gasteiger partial charge in [0.05, 0.1) is 0 Å². The Morgan fingerprint density at radius 2 is 0.789 bits per heavy atom. The molecule has 0 radical (unpaired) electrons. The Labute approximate surface area is 120 Å². The lowest BCUT2D eigenvalue weighted by molar-refractivity contribution is 0.269. The van der Waals surface area contributed by atoms with E-state index in [0.717, 1.165) is 11.8 Å². The fourth-order valence-electron chi connectivity index (χ4n) is 4.19. The van der Waals surface area contributed by atoms with Crippen LogP contribution in [0.4, 0.5) is 0 Å². The lowest BCUT2D eigenvalue weighted by Gasteiger charge is -2.24. The predicted molar refractivity (Wildman–Crippen MR) is 84.5 cm³/mol. The fraction of sp³-hybridized carbons (Fsp3) is 1.00. The Balaban J connectivity index is 0.000000224. The van der Waals surface area contributed by atoms with Crippen LogP contribution in [0.2, 0.25) is 0 Å². The molecule has 1 nitrogen and oxygen atoms in total. The van der Waals surface area contributed by atoms with Gasteiger partial charge in [-0.15, -0.1) is 0 Å². The van der Waals surface area contributed by atoms with Crippen molar-refractivity contribution in [1.29, 1.82) is 0 Å². The monoisotopic (exact) mass is 265 g/mol. The van der Waals surface area contributed by atoms with Gasteiger partial charge in [-0.25, -0.2) is 0 Å². The molecule has 0 aromatic carbocycles. The van der Waals surface area contributed by atoms with Gasteiger partial charge in [0.2, 0.25) is 0 Å². The van der Waals surface area contributed by atoms with Gasteiger partial charge in [0.25, 0.3) is 0 Å². The number of hydrogen-bond acceptors (Lipinski definition) is 1. The molecule has 1 heteroatoms. The van der Waals surface area contributed by atoms with E-state index in [1.807, 2.05) is 0 Å². The molecule has 0 bridgehead atoms. The summed E-state index contributed by atoms with van der Waals surface area (Å²) >= 11 is 0. The molecule has 0 spiro atoms. The summed E-state index contributed by atoms with van der Waals surface area (Å²) in [5.74, 6) is 2.24. The molecule has 1 heterocycles.